The van der Waals surface area contributed by atoms with Gasteiger partial charge < -0.3 is 5.32 Å². The third kappa shape index (κ3) is 3.31. The standard InChI is InChI=1S/C15H10F4N2/c1-9-2-4-11(6-13(9)15(17,18)19)21-12-5-3-10(8-20)14(16)7-12/h2-7,21H,1H3. The maximum Gasteiger partial charge on any atom is 0.416 e. The van der Waals surface area contributed by atoms with Crippen LogP contribution in [0.3, 0.4) is 0 Å². The minimum absolute atomic E-state index is 0.110. The topological polar surface area (TPSA) is 35.8 Å². The predicted octanol–water partition coefficient (Wildman–Crippen LogP) is 4.77. The number of hydrogen-bond donors (Lipinski definition) is 1. The van der Waals surface area contributed by atoms with Gasteiger partial charge in [-0.15, -0.1) is 0 Å². The van der Waals surface area contributed by atoms with Gasteiger partial charge in [-0.05, 0) is 42.8 Å². The summed E-state index contributed by atoms with van der Waals surface area (Å²) in [7, 11) is 0. The van der Waals surface area contributed by atoms with E-state index in [9.17, 15) is 17.6 Å². The van der Waals surface area contributed by atoms with Crippen LogP contribution >= 0.6 is 0 Å². The fourth-order valence-electron chi connectivity index (χ4n) is 1.86. The molecule has 0 aliphatic heterocycles. The molecule has 0 unspecified atom stereocenters. The lowest BCUT2D eigenvalue weighted by atomic mass is 10.1. The number of aryl methyl sites for hydroxylation is 1. The van der Waals surface area contributed by atoms with E-state index < -0.39 is 17.6 Å². The highest BCUT2D eigenvalue weighted by molar-refractivity contribution is 5.62. The van der Waals surface area contributed by atoms with Gasteiger partial charge in [0.25, 0.3) is 0 Å². The number of nitrogens with zero attached hydrogens (tertiary/aromatic N) is 1. The number of nitrogens with one attached hydrogen (secondary N) is 1. The number of rotatable bonds is 2. The van der Waals surface area contributed by atoms with Gasteiger partial charge in [0.2, 0.25) is 0 Å². The minimum Gasteiger partial charge on any atom is -0.355 e. The van der Waals surface area contributed by atoms with Gasteiger partial charge >= 0.3 is 6.18 Å². The molecule has 2 aromatic rings. The molecule has 0 atom stereocenters. The zero-order chi connectivity index (χ0) is 15.6. The number of halogens is 4. The summed E-state index contributed by atoms with van der Waals surface area (Å²) in [6, 6.07) is 9.19. The van der Waals surface area contributed by atoms with Gasteiger partial charge in [0, 0.05) is 11.4 Å². The van der Waals surface area contributed by atoms with Crippen LogP contribution < -0.4 is 5.32 Å². The molecule has 2 aromatic carbocycles. The fraction of sp³-hybridized carbons (Fsp3) is 0.133. The van der Waals surface area contributed by atoms with E-state index in [4.69, 9.17) is 5.26 Å². The zero-order valence-corrected chi connectivity index (χ0v) is 10.9. The molecule has 2 nitrogen and oxygen atoms in total. The molecule has 0 spiro atoms. The van der Waals surface area contributed by atoms with E-state index in [1.807, 2.05) is 0 Å². The molecular formula is C15H10F4N2. The smallest absolute Gasteiger partial charge is 0.355 e. The van der Waals surface area contributed by atoms with Crippen LogP contribution in [0.1, 0.15) is 16.7 Å². The second-order valence-electron chi connectivity index (χ2n) is 4.46. The van der Waals surface area contributed by atoms with Gasteiger partial charge in [-0.25, -0.2) is 4.39 Å². The van der Waals surface area contributed by atoms with Crippen LogP contribution in [0.25, 0.3) is 0 Å². The number of nitriles is 1. The highest BCUT2D eigenvalue weighted by Gasteiger charge is 2.32. The minimum atomic E-state index is -4.45. The van der Waals surface area contributed by atoms with Crippen molar-refractivity contribution >= 4 is 11.4 Å². The van der Waals surface area contributed by atoms with E-state index in [1.165, 1.54) is 31.2 Å². The lowest BCUT2D eigenvalue weighted by Crippen LogP contribution is -2.08. The summed E-state index contributed by atoms with van der Waals surface area (Å²) in [5.41, 5.74) is -0.304. The number of anilines is 2. The van der Waals surface area contributed by atoms with Crippen LogP contribution in [0.15, 0.2) is 36.4 Å². The SMILES string of the molecule is Cc1ccc(Nc2ccc(C#N)c(F)c2)cc1C(F)(F)F. The van der Waals surface area contributed by atoms with E-state index >= 15 is 0 Å². The van der Waals surface area contributed by atoms with Crippen molar-refractivity contribution in [2.45, 2.75) is 13.1 Å². The van der Waals surface area contributed by atoms with Gasteiger partial charge in [0.05, 0.1) is 11.1 Å². The highest BCUT2D eigenvalue weighted by Crippen LogP contribution is 2.34. The Morgan fingerprint density at radius 2 is 1.67 bits per heavy atom. The largest absolute Gasteiger partial charge is 0.416 e. The Hall–Kier alpha value is -2.55. The van der Waals surface area contributed by atoms with Crippen molar-refractivity contribution in [3.8, 4) is 6.07 Å². The third-order valence-electron chi connectivity index (χ3n) is 2.92. The molecule has 0 radical (unpaired) electrons. The first kappa shape index (κ1) is 14.9. The van der Waals surface area contributed by atoms with Gasteiger partial charge in [0.1, 0.15) is 11.9 Å². The first-order valence-electron chi connectivity index (χ1n) is 5.96. The first-order valence-corrected chi connectivity index (χ1v) is 5.96. The molecule has 0 fully saturated rings. The first-order chi connectivity index (χ1) is 9.81. The monoisotopic (exact) mass is 294 g/mol. The molecule has 0 saturated heterocycles. The Morgan fingerprint density at radius 1 is 1.05 bits per heavy atom. The summed E-state index contributed by atoms with van der Waals surface area (Å²) >= 11 is 0. The van der Waals surface area contributed by atoms with Gasteiger partial charge in [-0.1, -0.05) is 6.07 Å². The van der Waals surface area contributed by atoms with Crippen molar-refractivity contribution in [1.29, 1.82) is 5.26 Å². The Labute approximate surface area is 118 Å². The Bertz CT molecular complexity index is 715. The molecule has 2 rings (SSSR count). The Balaban J connectivity index is 2.33. The Morgan fingerprint density at radius 3 is 2.24 bits per heavy atom. The summed E-state index contributed by atoms with van der Waals surface area (Å²) < 4.78 is 51.9. The molecule has 6 heteroatoms. The third-order valence-corrected chi connectivity index (χ3v) is 2.92. The lowest BCUT2D eigenvalue weighted by molar-refractivity contribution is -0.138. The average Bonchev–Trinajstić information content (AvgIpc) is 2.40. The van der Waals surface area contributed by atoms with Crippen LogP contribution in [0.2, 0.25) is 0 Å². The molecule has 0 aliphatic rings. The van der Waals surface area contributed by atoms with Gasteiger partial charge in [0.15, 0.2) is 0 Å². The molecule has 0 aromatic heterocycles. The van der Waals surface area contributed by atoms with E-state index in [1.54, 1.807) is 6.07 Å². The van der Waals surface area contributed by atoms with E-state index in [0.717, 1.165) is 12.1 Å². The number of hydrogen-bond acceptors (Lipinski definition) is 2. The van der Waals surface area contributed by atoms with Gasteiger partial charge in [-0.3, -0.25) is 0 Å². The molecule has 0 aliphatic carbocycles. The predicted molar refractivity (Wildman–Crippen MR) is 70.6 cm³/mol. The second kappa shape index (κ2) is 5.44. The fourth-order valence-corrected chi connectivity index (χ4v) is 1.86. The molecule has 108 valence electrons. The lowest BCUT2D eigenvalue weighted by Gasteiger charge is -2.13. The number of benzene rings is 2. The molecule has 21 heavy (non-hydrogen) atoms. The van der Waals surface area contributed by atoms with Crippen molar-refractivity contribution in [3.05, 3.63) is 58.9 Å². The second-order valence-corrected chi connectivity index (χ2v) is 4.46. The summed E-state index contributed by atoms with van der Waals surface area (Å²) in [6.45, 7) is 1.37. The van der Waals surface area contributed by atoms with Crippen molar-refractivity contribution in [2.24, 2.45) is 0 Å². The van der Waals surface area contributed by atoms with E-state index in [-0.39, 0.29) is 22.5 Å². The Kier molecular flexibility index (Phi) is 3.85. The molecule has 0 amide bonds. The maximum absolute atomic E-state index is 13.4. The molecular weight excluding hydrogens is 284 g/mol. The van der Waals surface area contributed by atoms with Crippen molar-refractivity contribution in [1.82, 2.24) is 0 Å². The van der Waals surface area contributed by atoms with Crippen LogP contribution in [0.4, 0.5) is 28.9 Å². The molecule has 0 saturated carbocycles. The zero-order valence-electron chi connectivity index (χ0n) is 10.9. The van der Waals surface area contributed by atoms with Crippen LogP contribution in [-0.2, 0) is 6.18 Å². The van der Waals surface area contributed by atoms with Gasteiger partial charge in [-0.2, -0.15) is 18.4 Å². The van der Waals surface area contributed by atoms with E-state index in [0.29, 0.717) is 0 Å². The van der Waals surface area contributed by atoms with Crippen LogP contribution in [0.5, 0.6) is 0 Å². The summed E-state index contributed by atoms with van der Waals surface area (Å²) in [6.07, 6.45) is -4.45. The maximum atomic E-state index is 13.4. The van der Waals surface area contributed by atoms with Crippen molar-refractivity contribution in [2.75, 3.05) is 5.32 Å². The van der Waals surface area contributed by atoms with E-state index in [2.05, 4.69) is 5.32 Å². The van der Waals surface area contributed by atoms with Crippen molar-refractivity contribution in [3.63, 3.8) is 0 Å². The van der Waals surface area contributed by atoms with Crippen LogP contribution in [-0.4, -0.2) is 0 Å². The molecule has 0 heterocycles. The molecule has 1 N–H and O–H groups in total. The van der Waals surface area contributed by atoms with Crippen LogP contribution in [0, 0.1) is 24.1 Å². The highest BCUT2D eigenvalue weighted by atomic mass is 19.4. The summed E-state index contributed by atoms with van der Waals surface area (Å²) in [5.74, 6) is -0.731. The number of alkyl halides is 3. The normalized spacial score (nSPS) is 11.0. The quantitative estimate of drug-likeness (QED) is 0.810. The average molecular weight is 294 g/mol. The summed E-state index contributed by atoms with van der Waals surface area (Å²) in [4.78, 5) is 0. The van der Waals surface area contributed by atoms with Crippen molar-refractivity contribution < 1.29 is 17.6 Å². The summed E-state index contributed by atoms with van der Waals surface area (Å²) in [5, 5.41) is 11.3. The molecule has 0 bridgehead atoms.